The average molecular weight is 265 g/mol. The van der Waals surface area contributed by atoms with Gasteiger partial charge in [-0.1, -0.05) is 38.8 Å². The van der Waals surface area contributed by atoms with Crippen molar-refractivity contribution in [3.05, 3.63) is 35.6 Å². The van der Waals surface area contributed by atoms with Gasteiger partial charge in [-0.05, 0) is 37.0 Å². The van der Waals surface area contributed by atoms with Gasteiger partial charge in [-0.2, -0.15) is 0 Å². The number of benzene rings is 1. The van der Waals surface area contributed by atoms with Gasteiger partial charge in [0, 0.05) is 12.5 Å². The molecule has 1 atom stereocenters. The van der Waals surface area contributed by atoms with E-state index in [2.05, 4.69) is 19.2 Å². The van der Waals surface area contributed by atoms with Gasteiger partial charge >= 0.3 is 0 Å². The number of rotatable bonds is 8. The molecule has 0 saturated heterocycles. The molecule has 2 nitrogen and oxygen atoms in total. The minimum atomic E-state index is -0.224. The smallest absolute Gasteiger partial charge is 0.223 e. The van der Waals surface area contributed by atoms with Crippen molar-refractivity contribution in [1.29, 1.82) is 0 Å². The van der Waals surface area contributed by atoms with Gasteiger partial charge < -0.3 is 5.32 Å². The summed E-state index contributed by atoms with van der Waals surface area (Å²) in [7, 11) is 0. The standard InChI is InChI=1S/C16H24FNO/c1-3-5-6-14(4-2)16(19)18-12-11-13-7-9-15(17)10-8-13/h7-10,14H,3-6,11-12H2,1-2H3,(H,18,19)/t14-/m1/s1. The molecule has 0 aromatic heterocycles. The lowest BCUT2D eigenvalue weighted by Gasteiger charge is -2.14. The molecule has 19 heavy (non-hydrogen) atoms. The molecule has 1 amide bonds. The topological polar surface area (TPSA) is 29.1 Å². The molecule has 0 aliphatic heterocycles. The van der Waals surface area contributed by atoms with Gasteiger partial charge in [0.05, 0.1) is 0 Å². The van der Waals surface area contributed by atoms with E-state index in [1.165, 1.54) is 12.1 Å². The lowest BCUT2D eigenvalue weighted by molar-refractivity contribution is -0.125. The summed E-state index contributed by atoms with van der Waals surface area (Å²) in [5.41, 5.74) is 1.04. The summed E-state index contributed by atoms with van der Waals surface area (Å²) < 4.78 is 12.7. The lowest BCUT2D eigenvalue weighted by Crippen LogP contribution is -2.32. The Morgan fingerprint density at radius 3 is 2.53 bits per heavy atom. The summed E-state index contributed by atoms with van der Waals surface area (Å²) in [5, 5.41) is 2.97. The van der Waals surface area contributed by atoms with Crippen LogP contribution in [0, 0.1) is 11.7 Å². The van der Waals surface area contributed by atoms with E-state index >= 15 is 0 Å². The molecule has 0 unspecified atom stereocenters. The van der Waals surface area contributed by atoms with Crippen molar-refractivity contribution in [3.8, 4) is 0 Å². The first-order valence-corrected chi connectivity index (χ1v) is 7.19. The van der Waals surface area contributed by atoms with Gasteiger partial charge in [-0.25, -0.2) is 4.39 Å². The van der Waals surface area contributed by atoms with Crippen LogP contribution in [0.25, 0.3) is 0 Å². The van der Waals surface area contributed by atoms with E-state index in [9.17, 15) is 9.18 Å². The van der Waals surface area contributed by atoms with Crippen LogP contribution < -0.4 is 5.32 Å². The van der Waals surface area contributed by atoms with Crippen LogP contribution in [0.15, 0.2) is 24.3 Å². The van der Waals surface area contributed by atoms with Crippen molar-refractivity contribution in [2.24, 2.45) is 5.92 Å². The van der Waals surface area contributed by atoms with Crippen LogP contribution in [-0.4, -0.2) is 12.5 Å². The third-order valence-electron chi connectivity index (χ3n) is 3.40. The molecular formula is C16H24FNO. The largest absolute Gasteiger partial charge is 0.356 e. The third kappa shape index (κ3) is 5.86. The van der Waals surface area contributed by atoms with Crippen molar-refractivity contribution < 1.29 is 9.18 Å². The summed E-state index contributed by atoms with van der Waals surface area (Å²) in [5.74, 6) is 0.0598. The van der Waals surface area contributed by atoms with Gasteiger partial charge in [-0.15, -0.1) is 0 Å². The monoisotopic (exact) mass is 265 g/mol. The normalized spacial score (nSPS) is 12.2. The first-order chi connectivity index (χ1) is 9.17. The molecule has 1 aromatic rings. The molecule has 0 fully saturated rings. The molecule has 0 spiro atoms. The van der Waals surface area contributed by atoms with Gasteiger partial charge in [0.25, 0.3) is 0 Å². The maximum Gasteiger partial charge on any atom is 0.223 e. The first-order valence-electron chi connectivity index (χ1n) is 7.19. The number of hydrogen-bond acceptors (Lipinski definition) is 1. The van der Waals surface area contributed by atoms with E-state index in [0.717, 1.165) is 37.7 Å². The Kier molecular flexibility index (Phi) is 7.16. The van der Waals surface area contributed by atoms with E-state index in [0.29, 0.717) is 6.54 Å². The minimum absolute atomic E-state index is 0.133. The number of hydrogen-bond donors (Lipinski definition) is 1. The number of halogens is 1. The summed E-state index contributed by atoms with van der Waals surface area (Å²) in [6.07, 6.45) is 4.83. The van der Waals surface area contributed by atoms with Gasteiger partial charge in [0.2, 0.25) is 5.91 Å². The van der Waals surface area contributed by atoms with Crippen molar-refractivity contribution in [1.82, 2.24) is 5.32 Å². The highest BCUT2D eigenvalue weighted by molar-refractivity contribution is 5.78. The summed E-state index contributed by atoms with van der Waals surface area (Å²) >= 11 is 0. The summed E-state index contributed by atoms with van der Waals surface area (Å²) in [4.78, 5) is 12.0. The zero-order valence-corrected chi connectivity index (χ0v) is 11.9. The van der Waals surface area contributed by atoms with E-state index in [4.69, 9.17) is 0 Å². The predicted octanol–water partition coefficient (Wildman–Crippen LogP) is 3.70. The molecular weight excluding hydrogens is 241 g/mol. The summed E-state index contributed by atoms with van der Waals surface area (Å²) in [6.45, 7) is 4.81. The van der Waals surface area contributed by atoms with E-state index < -0.39 is 0 Å². The Labute approximate surface area is 115 Å². The maximum atomic E-state index is 12.7. The first kappa shape index (κ1) is 15.7. The van der Waals surface area contributed by atoms with Gasteiger partial charge in [-0.3, -0.25) is 4.79 Å². The molecule has 0 aliphatic rings. The molecule has 1 aromatic carbocycles. The highest BCUT2D eigenvalue weighted by atomic mass is 19.1. The zero-order chi connectivity index (χ0) is 14.1. The fraction of sp³-hybridized carbons (Fsp3) is 0.562. The van der Waals surface area contributed by atoms with Crippen LogP contribution in [0.2, 0.25) is 0 Å². The van der Waals surface area contributed by atoms with E-state index in [-0.39, 0.29) is 17.6 Å². The van der Waals surface area contributed by atoms with Crippen molar-refractivity contribution >= 4 is 5.91 Å². The molecule has 0 aliphatic carbocycles. The Bertz CT molecular complexity index is 375. The molecule has 1 N–H and O–H groups in total. The van der Waals surface area contributed by atoms with E-state index in [1.807, 2.05) is 0 Å². The molecule has 0 heterocycles. The Hall–Kier alpha value is -1.38. The highest BCUT2D eigenvalue weighted by Crippen LogP contribution is 2.12. The van der Waals surface area contributed by atoms with Crippen LogP contribution in [0.1, 0.15) is 45.1 Å². The summed E-state index contributed by atoms with van der Waals surface area (Å²) in [6, 6.07) is 6.42. The molecule has 1 rings (SSSR count). The molecule has 0 bridgehead atoms. The average Bonchev–Trinajstić information content (AvgIpc) is 2.42. The number of unbranched alkanes of at least 4 members (excludes halogenated alkanes) is 1. The van der Waals surface area contributed by atoms with Gasteiger partial charge in [0.15, 0.2) is 0 Å². The SMILES string of the molecule is CCCC[C@@H](CC)C(=O)NCCc1ccc(F)cc1. The Balaban J connectivity index is 2.31. The number of amides is 1. The van der Waals surface area contributed by atoms with Crippen molar-refractivity contribution in [3.63, 3.8) is 0 Å². The van der Waals surface area contributed by atoms with Crippen LogP contribution >= 0.6 is 0 Å². The third-order valence-corrected chi connectivity index (χ3v) is 3.40. The fourth-order valence-corrected chi connectivity index (χ4v) is 2.10. The molecule has 0 saturated carbocycles. The molecule has 106 valence electrons. The number of nitrogens with one attached hydrogen (secondary N) is 1. The second-order valence-electron chi connectivity index (χ2n) is 4.91. The molecule has 3 heteroatoms. The fourth-order valence-electron chi connectivity index (χ4n) is 2.10. The van der Waals surface area contributed by atoms with Crippen molar-refractivity contribution in [2.75, 3.05) is 6.54 Å². The molecule has 0 radical (unpaired) electrons. The van der Waals surface area contributed by atoms with Crippen LogP contribution in [0.3, 0.4) is 0 Å². The van der Waals surface area contributed by atoms with Crippen LogP contribution in [0.5, 0.6) is 0 Å². The second kappa shape index (κ2) is 8.68. The maximum absolute atomic E-state index is 12.7. The van der Waals surface area contributed by atoms with Crippen LogP contribution in [-0.2, 0) is 11.2 Å². The predicted molar refractivity (Wildman–Crippen MR) is 76.4 cm³/mol. The number of carbonyl (C=O) groups excluding carboxylic acids is 1. The quantitative estimate of drug-likeness (QED) is 0.763. The Morgan fingerprint density at radius 2 is 1.95 bits per heavy atom. The van der Waals surface area contributed by atoms with Crippen molar-refractivity contribution in [2.45, 2.75) is 46.0 Å². The minimum Gasteiger partial charge on any atom is -0.356 e. The highest BCUT2D eigenvalue weighted by Gasteiger charge is 2.14. The van der Waals surface area contributed by atoms with Crippen LogP contribution in [0.4, 0.5) is 4.39 Å². The number of carbonyl (C=O) groups is 1. The lowest BCUT2D eigenvalue weighted by atomic mass is 9.98. The van der Waals surface area contributed by atoms with E-state index in [1.54, 1.807) is 12.1 Å². The Morgan fingerprint density at radius 1 is 1.26 bits per heavy atom. The second-order valence-corrected chi connectivity index (χ2v) is 4.91. The zero-order valence-electron chi connectivity index (χ0n) is 11.9. The van der Waals surface area contributed by atoms with Gasteiger partial charge in [0.1, 0.15) is 5.82 Å².